The Bertz CT molecular complexity index is 768. The van der Waals surface area contributed by atoms with Crippen LogP contribution in [0.15, 0.2) is 66.4 Å². The molecule has 0 aromatic heterocycles. The lowest BCUT2D eigenvalue weighted by Crippen LogP contribution is -2.44. The van der Waals surface area contributed by atoms with E-state index in [9.17, 15) is 5.11 Å². The Morgan fingerprint density at radius 3 is 1.59 bits per heavy atom. The highest BCUT2D eigenvalue weighted by Crippen LogP contribution is 2.44. The largest absolute Gasteiger partial charge is 0.872 e. The van der Waals surface area contributed by atoms with E-state index in [-0.39, 0.29) is 16.2 Å². The van der Waals surface area contributed by atoms with Crippen LogP contribution in [-0.4, -0.2) is 8.32 Å². The van der Waals surface area contributed by atoms with E-state index < -0.39 is 8.32 Å². The fourth-order valence-corrected chi connectivity index (χ4v) is 4.15. The van der Waals surface area contributed by atoms with E-state index in [1.807, 2.05) is 60.7 Å². The SMILES string of the molecule is CC(C)(C)[C+](CC([O-])=C(c1ccccc1)c1ccccc1)O[Si](C)(C)C(C)(C)C. The highest BCUT2D eigenvalue weighted by Gasteiger charge is 2.49. The zero-order valence-corrected chi connectivity index (χ0v) is 20.3. The van der Waals surface area contributed by atoms with Gasteiger partial charge in [-0.05, 0) is 55.6 Å². The van der Waals surface area contributed by atoms with Crippen molar-refractivity contribution in [2.75, 3.05) is 0 Å². The van der Waals surface area contributed by atoms with Gasteiger partial charge >= 0.3 is 0 Å². The van der Waals surface area contributed by atoms with Gasteiger partial charge in [0.1, 0.15) is 11.8 Å². The summed E-state index contributed by atoms with van der Waals surface area (Å²) in [4.78, 5) is 0. The van der Waals surface area contributed by atoms with Gasteiger partial charge in [-0.2, -0.15) is 0 Å². The minimum atomic E-state index is -2.04. The third kappa shape index (κ3) is 6.00. The predicted octanol–water partition coefficient (Wildman–Crippen LogP) is 6.80. The standard InChI is InChI=1S/C26H36O2Si/c1-25(2,3)23(28-29(7,8)26(4,5)6)19-22(27)24(20-15-11-9-12-16-20)21-17-13-10-14-18-21/h9-18H,19H2,1-8H3. The second-order valence-corrected chi connectivity index (χ2v) is 15.0. The molecule has 0 amide bonds. The fourth-order valence-electron chi connectivity index (χ4n) is 2.85. The van der Waals surface area contributed by atoms with Crippen LogP contribution in [0.1, 0.15) is 59.1 Å². The van der Waals surface area contributed by atoms with Crippen LogP contribution in [0.3, 0.4) is 0 Å². The molecule has 0 saturated heterocycles. The Morgan fingerprint density at radius 1 is 0.828 bits per heavy atom. The summed E-state index contributed by atoms with van der Waals surface area (Å²) < 4.78 is 6.68. The molecule has 0 saturated carbocycles. The molecular weight excluding hydrogens is 372 g/mol. The Balaban J connectivity index is 2.49. The number of hydrogen-bond acceptors (Lipinski definition) is 2. The van der Waals surface area contributed by atoms with E-state index >= 15 is 0 Å². The zero-order valence-electron chi connectivity index (χ0n) is 19.3. The van der Waals surface area contributed by atoms with E-state index in [0.717, 1.165) is 22.8 Å². The number of rotatable bonds is 6. The molecule has 29 heavy (non-hydrogen) atoms. The van der Waals surface area contributed by atoms with Crippen molar-refractivity contribution < 1.29 is 9.53 Å². The Hall–Kier alpha value is -1.97. The lowest BCUT2D eigenvalue weighted by molar-refractivity contribution is -0.306. The fraction of sp³-hybridized carbons (Fsp3) is 0.423. The second-order valence-electron chi connectivity index (χ2n) is 10.2. The molecule has 0 unspecified atom stereocenters. The maximum absolute atomic E-state index is 13.6. The van der Waals surface area contributed by atoms with Gasteiger partial charge in [0.25, 0.3) is 8.32 Å². The van der Waals surface area contributed by atoms with Crippen molar-refractivity contribution in [1.82, 2.24) is 0 Å². The molecule has 2 aromatic carbocycles. The van der Waals surface area contributed by atoms with E-state index in [0.29, 0.717) is 6.42 Å². The molecule has 3 heteroatoms. The van der Waals surface area contributed by atoms with E-state index in [1.165, 1.54) is 0 Å². The van der Waals surface area contributed by atoms with Gasteiger partial charge in [-0.1, -0.05) is 87.2 Å². The second kappa shape index (κ2) is 8.81. The first kappa shape index (κ1) is 23.3. The first-order valence-electron chi connectivity index (χ1n) is 10.4. The number of hydrogen-bond donors (Lipinski definition) is 0. The normalized spacial score (nSPS) is 12.6. The third-order valence-corrected chi connectivity index (χ3v) is 10.1. The molecular formula is C26H36O2Si. The molecule has 0 spiro atoms. The molecule has 0 heterocycles. The molecule has 0 aliphatic heterocycles. The minimum Gasteiger partial charge on any atom is -0.872 e. The molecule has 0 radical (unpaired) electrons. The van der Waals surface area contributed by atoms with Gasteiger partial charge in [-0.15, -0.1) is 0 Å². The van der Waals surface area contributed by atoms with Gasteiger partial charge in [0, 0.05) is 0 Å². The maximum Gasteiger partial charge on any atom is 0.261 e. The maximum atomic E-state index is 13.6. The van der Waals surface area contributed by atoms with Crippen LogP contribution in [0.25, 0.3) is 5.57 Å². The van der Waals surface area contributed by atoms with Crippen molar-refractivity contribution >= 4 is 13.9 Å². The molecule has 0 atom stereocenters. The molecule has 0 aliphatic carbocycles. The summed E-state index contributed by atoms with van der Waals surface area (Å²) in [5, 5.41) is 13.7. The number of benzene rings is 2. The van der Waals surface area contributed by atoms with Crippen LogP contribution in [-0.2, 0) is 4.43 Å². The van der Waals surface area contributed by atoms with E-state index in [1.54, 1.807) is 0 Å². The predicted molar refractivity (Wildman–Crippen MR) is 125 cm³/mol. The average molecular weight is 409 g/mol. The van der Waals surface area contributed by atoms with Crippen molar-refractivity contribution in [2.24, 2.45) is 5.41 Å². The van der Waals surface area contributed by atoms with Gasteiger partial charge in [0.15, 0.2) is 0 Å². The summed E-state index contributed by atoms with van der Waals surface area (Å²) in [6.45, 7) is 17.6. The minimum absolute atomic E-state index is 0.0813. The Kier molecular flexibility index (Phi) is 7.08. The topological polar surface area (TPSA) is 32.3 Å². The van der Waals surface area contributed by atoms with Gasteiger partial charge in [0.05, 0.1) is 0 Å². The third-order valence-electron chi connectivity index (χ3n) is 5.75. The summed E-state index contributed by atoms with van der Waals surface area (Å²) in [5.41, 5.74) is 2.45. The lowest BCUT2D eigenvalue weighted by Gasteiger charge is -2.36. The van der Waals surface area contributed by atoms with E-state index in [4.69, 9.17) is 4.43 Å². The van der Waals surface area contributed by atoms with Crippen LogP contribution >= 0.6 is 0 Å². The van der Waals surface area contributed by atoms with Crippen molar-refractivity contribution in [3.63, 3.8) is 0 Å². The Labute approximate surface area is 178 Å². The van der Waals surface area contributed by atoms with Gasteiger partial charge in [0.2, 0.25) is 6.10 Å². The highest BCUT2D eigenvalue weighted by molar-refractivity contribution is 6.74. The monoisotopic (exact) mass is 408 g/mol. The van der Waals surface area contributed by atoms with Gasteiger partial charge < -0.3 is 5.11 Å². The summed E-state index contributed by atoms with van der Waals surface area (Å²) in [6, 6.07) is 19.9. The van der Waals surface area contributed by atoms with Crippen LogP contribution in [0.5, 0.6) is 0 Å². The molecule has 0 fully saturated rings. The molecule has 2 nitrogen and oxygen atoms in total. The molecule has 2 rings (SSSR count). The molecule has 0 aliphatic rings. The summed E-state index contributed by atoms with van der Waals surface area (Å²) in [7, 11) is -2.04. The molecule has 0 N–H and O–H groups in total. The van der Waals surface area contributed by atoms with Crippen molar-refractivity contribution in [3.05, 3.63) is 83.7 Å². The van der Waals surface area contributed by atoms with Crippen LogP contribution in [0.4, 0.5) is 0 Å². The molecule has 2 aromatic rings. The quantitative estimate of drug-likeness (QED) is 0.299. The van der Waals surface area contributed by atoms with Gasteiger partial charge in [-0.3, -0.25) is 0 Å². The van der Waals surface area contributed by atoms with Gasteiger partial charge in [-0.25, -0.2) is 4.43 Å². The van der Waals surface area contributed by atoms with Crippen LogP contribution < -0.4 is 5.11 Å². The lowest BCUT2D eigenvalue weighted by atomic mass is 9.85. The smallest absolute Gasteiger partial charge is 0.261 e. The Morgan fingerprint density at radius 2 is 1.24 bits per heavy atom. The summed E-state index contributed by atoms with van der Waals surface area (Å²) in [6.07, 6.45) is 1.19. The highest BCUT2D eigenvalue weighted by atomic mass is 28.4. The van der Waals surface area contributed by atoms with E-state index in [2.05, 4.69) is 54.6 Å². The van der Waals surface area contributed by atoms with Crippen LogP contribution in [0.2, 0.25) is 18.1 Å². The average Bonchev–Trinajstić information content (AvgIpc) is 2.61. The zero-order chi connectivity index (χ0) is 21.9. The summed E-state index contributed by atoms with van der Waals surface area (Å²) >= 11 is 0. The first-order chi connectivity index (χ1) is 13.3. The summed E-state index contributed by atoms with van der Waals surface area (Å²) in [5.74, 6) is 0.103. The molecule has 156 valence electrons. The van der Waals surface area contributed by atoms with Crippen molar-refractivity contribution in [1.29, 1.82) is 0 Å². The van der Waals surface area contributed by atoms with Crippen molar-refractivity contribution in [2.45, 2.75) is 66.1 Å². The van der Waals surface area contributed by atoms with Crippen molar-refractivity contribution in [3.8, 4) is 0 Å². The first-order valence-corrected chi connectivity index (χ1v) is 13.3. The molecule has 0 bridgehead atoms. The van der Waals surface area contributed by atoms with Crippen LogP contribution in [0, 0.1) is 11.5 Å².